The third-order valence-electron chi connectivity index (χ3n) is 2.02. The smallest absolute Gasteiger partial charge is 0.273 e. The minimum Gasteiger partial charge on any atom is -0.447 e. The molecule has 14 heavy (non-hydrogen) atoms. The van der Waals surface area contributed by atoms with Gasteiger partial charge < -0.3 is 15.1 Å². The van der Waals surface area contributed by atoms with Gasteiger partial charge in [-0.15, -0.1) is 0 Å². The second kappa shape index (κ2) is 3.79. The molecule has 0 aromatic carbocycles. The van der Waals surface area contributed by atoms with E-state index < -0.39 is 0 Å². The summed E-state index contributed by atoms with van der Waals surface area (Å²) < 4.78 is 5.09. The fraction of sp³-hybridized carbons (Fsp3) is 0.556. The van der Waals surface area contributed by atoms with Crippen LogP contribution in [0.5, 0.6) is 0 Å². The van der Waals surface area contributed by atoms with E-state index in [0.717, 1.165) is 12.8 Å². The third kappa shape index (κ3) is 2.11. The van der Waals surface area contributed by atoms with Gasteiger partial charge in [0.05, 0.1) is 6.54 Å². The van der Waals surface area contributed by atoms with Crippen LogP contribution in [0, 0.1) is 0 Å². The number of nitrogens with zero attached hydrogens (tertiary/aromatic N) is 1. The summed E-state index contributed by atoms with van der Waals surface area (Å²) in [4.78, 5) is 15.5. The van der Waals surface area contributed by atoms with Crippen molar-refractivity contribution in [1.29, 1.82) is 0 Å². The Morgan fingerprint density at radius 2 is 2.50 bits per heavy atom. The number of nitrogens with one attached hydrogen (secondary N) is 2. The SMILES string of the molecule is CNCc1nc(C(=O)NC2CC2)co1. The van der Waals surface area contributed by atoms with Crippen LogP contribution in [0.1, 0.15) is 29.2 Å². The fourth-order valence-electron chi connectivity index (χ4n) is 1.13. The molecule has 76 valence electrons. The maximum absolute atomic E-state index is 11.5. The van der Waals surface area contributed by atoms with Gasteiger partial charge in [0.15, 0.2) is 5.69 Å². The lowest BCUT2D eigenvalue weighted by molar-refractivity contribution is 0.0946. The highest BCUT2D eigenvalue weighted by Crippen LogP contribution is 2.19. The van der Waals surface area contributed by atoms with Gasteiger partial charge in [-0.05, 0) is 19.9 Å². The number of hydrogen-bond donors (Lipinski definition) is 2. The maximum atomic E-state index is 11.5. The predicted molar refractivity (Wildman–Crippen MR) is 49.8 cm³/mol. The highest BCUT2D eigenvalue weighted by atomic mass is 16.3. The molecule has 5 heteroatoms. The Morgan fingerprint density at radius 3 is 3.14 bits per heavy atom. The zero-order valence-electron chi connectivity index (χ0n) is 8.04. The van der Waals surface area contributed by atoms with Crippen molar-refractivity contribution >= 4 is 5.91 Å². The third-order valence-corrected chi connectivity index (χ3v) is 2.02. The summed E-state index contributed by atoms with van der Waals surface area (Å²) in [7, 11) is 1.80. The first-order valence-electron chi connectivity index (χ1n) is 4.69. The zero-order valence-corrected chi connectivity index (χ0v) is 8.04. The van der Waals surface area contributed by atoms with Crippen molar-refractivity contribution in [2.45, 2.75) is 25.4 Å². The Hall–Kier alpha value is -1.36. The van der Waals surface area contributed by atoms with Crippen molar-refractivity contribution in [2.24, 2.45) is 0 Å². The summed E-state index contributed by atoms with van der Waals surface area (Å²) in [6.07, 6.45) is 3.55. The molecule has 0 unspecified atom stereocenters. The molecule has 1 aliphatic carbocycles. The monoisotopic (exact) mass is 195 g/mol. The molecule has 2 rings (SSSR count). The van der Waals surface area contributed by atoms with Gasteiger partial charge in [0, 0.05) is 6.04 Å². The van der Waals surface area contributed by atoms with Gasteiger partial charge in [-0.3, -0.25) is 4.79 Å². The Kier molecular flexibility index (Phi) is 2.49. The fourth-order valence-corrected chi connectivity index (χ4v) is 1.13. The number of amides is 1. The van der Waals surface area contributed by atoms with Gasteiger partial charge >= 0.3 is 0 Å². The van der Waals surface area contributed by atoms with Crippen molar-refractivity contribution in [1.82, 2.24) is 15.6 Å². The number of carbonyl (C=O) groups is 1. The molecule has 0 saturated heterocycles. The summed E-state index contributed by atoms with van der Waals surface area (Å²) in [6, 6.07) is 0.354. The van der Waals surface area contributed by atoms with Crippen LogP contribution < -0.4 is 10.6 Å². The van der Waals surface area contributed by atoms with E-state index in [2.05, 4.69) is 15.6 Å². The second-order valence-electron chi connectivity index (χ2n) is 3.40. The number of oxazole rings is 1. The Labute approximate surface area is 81.9 Å². The maximum Gasteiger partial charge on any atom is 0.273 e. The molecule has 0 radical (unpaired) electrons. The van der Waals surface area contributed by atoms with Crippen molar-refractivity contribution in [3.8, 4) is 0 Å². The van der Waals surface area contributed by atoms with E-state index in [1.807, 2.05) is 0 Å². The standard InChI is InChI=1S/C9H13N3O2/c1-10-4-8-12-7(5-14-8)9(13)11-6-2-3-6/h5-6,10H,2-4H2,1H3,(H,11,13). The lowest BCUT2D eigenvalue weighted by atomic mass is 10.4. The van der Waals surface area contributed by atoms with Gasteiger partial charge in [0.2, 0.25) is 5.89 Å². The minimum atomic E-state index is -0.140. The summed E-state index contributed by atoms with van der Waals surface area (Å²) in [5.41, 5.74) is 0.363. The molecule has 1 fully saturated rings. The van der Waals surface area contributed by atoms with Gasteiger partial charge in [-0.1, -0.05) is 0 Å². The summed E-state index contributed by atoms with van der Waals surface area (Å²) in [6.45, 7) is 0.538. The van der Waals surface area contributed by atoms with E-state index in [4.69, 9.17) is 4.42 Å². The van der Waals surface area contributed by atoms with Crippen LogP contribution in [0.25, 0.3) is 0 Å². The minimum absolute atomic E-state index is 0.140. The van der Waals surface area contributed by atoms with Crippen LogP contribution in [-0.2, 0) is 6.54 Å². The molecule has 1 amide bonds. The molecule has 2 N–H and O–H groups in total. The largest absolute Gasteiger partial charge is 0.447 e. The van der Waals surface area contributed by atoms with E-state index in [1.54, 1.807) is 7.05 Å². The molecule has 0 spiro atoms. The Morgan fingerprint density at radius 1 is 1.71 bits per heavy atom. The van der Waals surface area contributed by atoms with E-state index in [-0.39, 0.29) is 5.91 Å². The zero-order chi connectivity index (χ0) is 9.97. The average Bonchev–Trinajstić information content (AvgIpc) is 2.83. The summed E-state index contributed by atoms with van der Waals surface area (Å²) in [5.74, 6) is 0.395. The van der Waals surface area contributed by atoms with Crippen LogP contribution >= 0.6 is 0 Å². The molecule has 1 aromatic rings. The van der Waals surface area contributed by atoms with Crippen LogP contribution in [-0.4, -0.2) is 24.0 Å². The van der Waals surface area contributed by atoms with E-state index >= 15 is 0 Å². The van der Waals surface area contributed by atoms with Crippen molar-refractivity contribution in [2.75, 3.05) is 7.05 Å². The molecule has 0 aliphatic heterocycles. The first kappa shape index (κ1) is 9.21. The van der Waals surface area contributed by atoms with Gasteiger partial charge in [0.25, 0.3) is 5.91 Å². The molecule has 1 saturated carbocycles. The molecular formula is C9H13N3O2. The molecule has 0 bridgehead atoms. The second-order valence-corrected chi connectivity index (χ2v) is 3.40. The van der Waals surface area contributed by atoms with Crippen molar-refractivity contribution < 1.29 is 9.21 Å². The number of rotatable bonds is 4. The molecule has 1 aliphatic rings. The van der Waals surface area contributed by atoms with Crippen LogP contribution in [0.2, 0.25) is 0 Å². The van der Waals surface area contributed by atoms with Gasteiger partial charge in [-0.25, -0.2) is 4.98 Å². The Bertz CT molecular complexity index is 331. The first-order chi connectivity index (χ1) is 6.79. The van der Waals surface area contributed by atoms with Crippen LogP contribution in [0.4, 0.5) is 0 Å². The average molecular weight is 195 g/mol. The molecule has 1 aromatic heterocycles. The number of carbonyl (C=O) groups excluding carboxylic acids is 1. The van der Waals surface area contributed by atoms with E-state index in [0.29, 0.717) is 24.2 Å². The molecule has 5 nitrogen and oxygen atoms in total. The highest BCUT2D eigenvalue weighted by molar-refractivity contribution is 5.92. The topological polar surface area (TPSA) is 67.2 Å². The number of aromatic nitrogens is 1. The van der Waals surface area contributed by atoms with Crippen LogP contribution in [0.15, 0.2) is 10.7 Å². The number of hydrogen-bond acceptors (Lipinski definition) is 4. The van der Waals surface area contributed by atoms with Crippen molar-refractivity contribution in [3.05, 3.63) is 17.8 Å². The highest BCUT2D eigenvalue weighted by Gasteiger charge is 2.25. The van der Waals surface area contributed by atoms with Crippen molar-refractivity contribution in [3.63, 3.8) is 0 Å². The predicted octanol–water partition coefficient (Wildman–Crippen LogP) is 0.286. The normalized spacial score (nSPS) is 15.5. The van der Waals surface area contributed by atoms with E-state index in [9.17, 15) is 4.79 Å². The lowest BCUT2D eigenvalue weighted by Crippen LogP contribution is -2.25. The first-order valence-corrected chi connectivity index (χ1v) is 4.69. The van der Waals surface area contributed by atoms with Gasteiger partial charge in [-0.2, -0.15) is 0 Å². The Balaban J connectivity index is 1.96. The lowest BCUT2D eigenvalue weighted by Gasteiger charge is -1.97. The van der Waals surface area contributed by atoms with Gasteiger partial charge in [0.1, 0.15) is 6.26 Å². The molecule has 0 atom stereocenters. The summed E-state index contributed by atoms with van der Waals surface area (Å²) in [5, 5.41) is 5.75. The quantitative estimate of drug-likeness (QED) is 0.724. The van der Waals surface area contributed by atoms with E-state index in [1.165, 1.54) is 6.26 Å². The molecule has 1 heterocycles. The molecular weight excluding hydrogens is 182 g/mol. The van der Waals surface area contributed by atoms with Crippen LogP contribution in [0.3, 0.4) is 0 Å². The summed E-state index contributed by atoms with van der Waals surface area (Å²) >= 11 is 0.